The molecule has 2 aromatic rings. The van der Waals surface area contributed by atoms with Crippen LogP contribution < -0.4 is 4.90 Å². The number of benzene rings is 2. The Kier molecular flexibility index (Phi) is 6.64. The van der Waals surface area contributed by atoms with Crippen LogP contribution in [0.2, 0.25) is 10.0 Å². The van der Waals surface area contributed by atoms with E-state index in [0.29, 0.717) is 15.7 Å². The molecule has 0 saturated heterocycles. The summed E-state index contributed by atoms with van der Waals surface area (Å²) in [6.45, 7) is 1.78. The molecule has 4 nitrogen and oxygen atoms in total. The molecule has 2 aromatic carbocycles. The van der Waals surface area contributed by atoms with Crippen LogP contribution in [0.4, 0.5) is 5.69 Å². The fourth-order valence-electron chi connectivity index (χ4n) is 2.18. The molecule has 2 rings (SSSR count). The third-order valence-electron chi connectivity index (χ3n) is 3.31. The molecule has 0 bridgehead atoms. The van der Waals surface area contributed by atoms with Gasteiger partial charge in [-0.25, -0.2) is 0 Å². The fourth-order valence-corrected chi connectivity index (χ4v) is 2.47. The van der Waals surface area contributed by atoms with Gasteiger partial charge in [-0.2, -0.15) is 0 Å². The summed E-state index contributed by atoms with van der Waals surface area (Å²) in [5.74, 6) is -0.711. The second-order valence-corrected chi connectivity index (χ2v) is 5.86. The van der Waals surface area contributed by atoms with Gasteiger partial charge in [0.05, 0.1) is 23.1 Å². The molecule has 0 aliphatic rings. The number of carbonyl (C=O) groups excluding carboxylic acids is 2. The van der Waals surface area contributed by atoms with Crippen molar-refractivity contribution < 1.29 is 14.3 Å². The van der Waals surface area contributed by atoms with E-state index in [1.165, 1.54) is 4.90 Å². The minimum atomic E-state index is -0.481. The Bertz CT molecular complexity index is 719. The Labute approximate surface area is 150 Å². The van der Waals surface area contributed by atoms with Crippen LogP contribution in [0.3, 0.4) is 0 Å². The van der Waals surface area contributed by atoms with Gasteiger partial charge in [-0.05, 0) is 30.7 Å². The van der Waals surface area contributed by atoms with E-state index >= 15 is 0 Å². The van der Waals surface area contributed by atoms with Gasteiger partial charge in [0.2, 0.25) is 5.91 Å². The van der Waals surface area contributed by atoms with Crippen LogP contribution in [0.5, 0.6) is 0 Å². The second kappa shape index (κ2) is 8.71. The molecule has 0 spiro atoms. The van der Waals surface area contributed by atoms with Gasteiger partial charge in [0.25, 0.3) is 0 Å². The quantitative estimate of drug-likeness (QED) is 0.722. The lowest BCUT2D eigenvalue weighted by atomic mass is 10.1. The van der Waals surface area contributed by atoms with E-state index < -0.39 is 5.97 Å². The molecular weight excluding hydrogens is 349 g/mol. The highest BCUT2D eigenvalue weighted by molar-refractivity contribution is 6.42. The van der Waals surface area contributed by atoms with Crippen LogP contribution >= 0.6 is 23.2 Å². The number of nitrogens with zero attached hydrogens (tertiary/aromatic N) is 1. The number of halogens is 2. The Balaban J connectivity index is 2.25. The van der Waals surface area contributed by atoms with Gasteiger partial charge >= 0.3 is 5.97 Å². The van der Waals surface area contributed by atoms with Crippen molar-refractivity contribution in [2.24, 2.45) is 0 Å². The van der Waals surface area contributed by atoms with Crippen molar-refractivity contribution in [3.05, 3.63) is 64.1 Å². The van der Waals surface area contributed by atoms with Crippen molar-refractivity contribution in [1.29, 1.82) is 0 Å². The first-order valence-electron chi connectivity index (χ1n) is 7.46. The molecule has 0 aromatic heterocycles. The summed E-state index contributed by atoms with van der Waals surface area (Å²) < 4.78 is 4.96. The zero-order valence-electron chi connectivity index (χ0n) is 13.2. The van der Waals surface area contributed by atoms with E-state index in [1.807, 2.05) is 30.3 Å². The summed E-state index contributed by atoms with van der Waals surface area (Å²) in [6.07, 6.45) is 0.167. The molecule has 6 heteroatoms. The first kappa shape index (κ1) is 18.3. The van der Waals surface area contributed by atoms with Crippen molar-refractivity contribution >= 4 is 40.8 Å². The third kappa shape index (κ3) is 4.98. The van der Waals surface area contributed by atoms with Crippen molar-refractivity contribution in [2.45, 2.75) is 13.3 Å². The molecule has 0 heterocycles. The maximum Gasteiger partial charge on any atom is 0.326 e. The second-order valence-electron chi connectivity index (χ2n) is 5.05. The predicted molar refractivity (Wildman–Crippen MR) is 95.6 cm³/mol. The monoisotopic (exact) mass is 365 g/mol. The molecule has 0 saturated carbocycles. The number of carbonyl (C=O) groups is 2. The number of anilines is 1. The Morgan fingerprint density at radius 3 is 2.38 bits per heavy atom. The third-order valence-corrected chi connectivity index (χ3v) is 4.05. The first-order chi connectivity index (χ1) is 11.5. The van der Waals surface area contributed by atoms with Gasteiger partial charge in [-0.3, -0.25) is 9.59 Å². The van der Waals surface area contributed by atoms with Crippen molar-refractivity contribution in [2.75, 3.05) is 18.1 Å². The molecule has 0 radical (unpaired) electrons. The maximum atomic E-state index is 12.7. The number of ether oxygens (including phenoxy) is 1. The summed E-state index contributed by atoms with van der Waals surface area (Å²) in [5.41, 5.74) is 1.36. The smallest absolute Gasteiger partial charge is 0.326 e. The highest BCUT2D eigenvalue weighted by Gasteiger charge is 2.21. The van der Waals surface area contributed by atoms with Crippen LogP contribution in [0.1, 0.15) is 12.5 Å². The SMILES string of the molecule is CCOC(=O)CN(C(=O)Cc1ccccc1)c1ccc(Cl)c(Cl)c1. The predicted octanol–water partition coefficient (Wildman–Crippen LogP) is 4.13. The van der Waals surface area contributed by atoms with Crippen molar-refractivity contribution in [3.63, 3.8) is 0 Å². The normalized spacial score (nSPS) is 10.3. The fraction of sp³-hybridized carbons (Fsp3) is 0.222. The molecule has 0 aliphatic carbocycles. The maximum absolute atomic E-state index is 12.7. The molecule has 1 amide bonds. The number of hydrogen-bond acceptors (Lipinski definition) is 3. The number of rotatable bonds is 6. The Hall–Kier alpha value is -2.04. The largest absolute Gasteiger partial charge is 0.465 e. The van der Waals surface area contributed by atoms with E-state index in [1.54, 1.807) is 25.1 Å². The number of hydrogen-bond donors (Lipinski definition) is 0. The molecule has 0 fully saturated rings. The minimum Gasteiger partial charge on any atom is -0.465 e. The average molecular weight is 366 g/mol. The lowest BCUT2D eigenvalue weighted by Crippen LogP contribution is -2.37. The lowest BCUT2D eigenvalue weighted by molar-refractivity contribution is -0.142. The van der Waals surface area contributed by atoms with Gasteiger partial charge in [0.1, 0.15) is 6.54 Å². The molecule has 126 valence electrons. The summed E-state index contributed by atoms with van der Waals surface area (Å²) >= 11 is 12.0. The minimum absolute atomic E-state index is 0.167. The van der Waals surface area contributed by atoms with Crippen LogP contribution in [-0.2, 0) is 20.7 Å². The van der Waals surface area contributed by atoms with Crippen molar-refractivity contribution in [1.82, 2.24) is 0 Å². The highest BCUT2D eigenvalue weighted by Crippen LogP contribution is 2.27. The van der Waals surface area contributed by atoms with Gasteiger partial charge in [0.15, 0.2) is 0 Å². The van der Waals surface area contributed by atoms with Crippen LogP contribution in [-0.4, -0.2) is 25.0 Å². The Morgan fingerprint density at radius 1 is 1.04 bits per heavy atom. The molecule has 24 heavy (non-hydrogen) atoms. The van der Waals surface area contributed by atoms with Crippen molar-refractivity contribution in [3.8, 4) is 0 Å². The van der Waals surface area contributed by atoms with E-state index in [0.717, 1.165) is 5.56 Å². The Morgan fingerprint density at radius 2 is 1.75 bits per heavy atom. The number of amides is 1. The number of esters is 1. The summed E-state index contributed by atoms with van der Waals surface area (Å²) in [5, 5.41) is 0.697. The van der Waals surface area contributed by atoms with Gasteiger partial charge in [-0.15, -0.1) is 0 Å². The summed E-state index contributed by atoms with van der Waals surface area (Å²) in [4.78, 5) is 25.9. The van der Waals surface area contributed by atoms with Gasteiger partial charge in [-0.1, -0.05) is 53.5 Å². The van der Waals surface area contributed by atoms with Crippen LogP contribution in [0.25, 0.3) is 0 Å². The summed E-state index contributed by atoms with van der Waals surface area (Å²) in [6, 6.07) is 14.1. The van der Waals surface area contributed by atoms with E-state index in [4.69, 9.17) is 27.9 Å². The van der Waals surface area contributed by atoms with E-state index in [9.17, 15) is 9.59 Å². The van der Waals surface area contributed by atoms with Gasteiger partial charge in [0, 0.05) is 5.69 Å². The first-order valence-corrected chi connectivity index (χ1v) is 8.21. The highest BCUT2D eigenvalue weighted by atomic mass is 35.5. The molecule has 0 N–H and O–H groups in total. The van der Waals surface area contributed by atoms with E-state index in [2.05, 4.69) is 0 Å². The standard InChI is InChI=1S/C18H17Cl2NO3/c1-2-24-18(23)12-21(14-8-9-15(19)16(20)11-14)17(22)10-13-6-4-3-5-7-13/h3-9,11H,2,10,12H2,1H3. The molecule has 0 unspecified atom stereocenters. The summed E-state index contributed by atoms with van der Waals surface area (Å²) in [7, 11) is 0. The molecule has 0 aliphatic heterocycles. The lowest BCUT2D eigenvalue weighted by Gasteiger charge is -2.22. The van der Waals surface area contributed by atoms with Crippen LogP contribution in [0.15, 0.2) is 48.5 Å². The zero-order chi connectivity index (χ0) is 17.5. The zero-order valence-corrected chi connectivity index (χ0v) is 14.7. The molecule has 0 atom stereocenters. The van der Waals surface area contributed by atoms with Gasteiger partial charge < -0.3 is 9.64 Å². The average Bonchev–Trinajstić information content (AvgIpc) is 2.56. The topological polar surface area (TPSA) is 46.6 Å². The molecular formula is C18H17Cl2NO3. The van der Waals surface area contributed by atoms with E-state index in [-0.39, 0.29) is 25.5 Å². The van der Waals surface area contributed by atoms with Crippen LogP contribution in [0, 0.1) is 0 Å².